The van der Waals surface area contributed by atoms with Gasteiger partial charge >= 0.3 is 0 Å². The Labute approximate surface area is 129 Å². The van der Waals surface area contributed by atoms with Crippen LogP contribution < -0.4 is 0 Å². The molecular formula is C15H40N2O2S. The van der Waals surface area contributed by atoms with Crippen LogP contribution in [0.5, 0.6) is 0 Å². The second kappa shape index (κ2) is 12.6. The monoisotopic (exact) mass is 312 g/mol. The van der Waals surface area contributed by atoms with E-state index >= 15 is 0 Å². The molecule has 20 heavy (non-hydrogen) atoms. The summed E-state index contributed by atoms with van der Waals surface area (Å²) in [6.45, 7) is 13.7. The highest BCUT2D eigenvalue weighted by Crippen LogP contribution is 2.08. The molecule has 0 spiro atoms. The summed E-state index contributed by atoms with van der Waals surface area (Å²) in [6, 6.07) is 0.515. The summed E-state index contributed by atoms with van der Waals surface area (Å²) in [4.78, 5) is 2.29. The number of nitrogens with zero attached hydrogens (tertiary/aromatic N) is 2. The van der Waals surface area contributed by atoms with Crippen LogP contribution in [0.15, 0.2) is 0 Å². The quantitative estimate of drug-likeness (QED) is 0.783. The van der Waals surface area contributed by atoms with Crippen molar-refractivity contribution in [2.24, 2.45) is 5.92 Å². The van der Waals surface area contributed by atoms with Crippen LogP contribution in [0.25, 0.3) is 0 Å². The fourth-order valence-corrected chi connectivity index (χ4v) is 2.38. The van der Waals surface area contributed by atoms with E-state index in [9.17, 15) is 8.42 Å². The number of rotatable bonds is 2. The summed E-state index contributed by atoms with van der Waals surface area (Å²) in [5, 5.41) is 0. The first-order valence-electron chi connectivity index (χ1n) is 6.33. The van der Waals surface area contributed by atoms with Crippen LogP contribution in [0, 0.1) is 5.92 Å². The zero-order valence-electron chi connectivity index (χ0n) is 12.1. The van der Waals surface area contributed by atoms with Crippen LogP contribution in [0.3, 0.4) is 0 Å². The van der Waals surface area contributed by atoms with Crippen molar-refractivity contribution in [3.05, 3.63) is 0 Å². The molecule has 1 rings (SSSR count). The number of piperazine rings is 1. The van der Waals surface area contributed by atoms with Gasteiger partial charge in [0, 0.05) is 32.2 Å². The van der Waals surface area contributed by atoms with Gasteiger partial charge in [0.2, 0.25) is 10.0 Å². The van der Waals surface area contributed by atoms with E-state index in [1.54, 1.807) is 4.31 Å². The van der Waals surface area contributed by atoms with Crippen molar-refractivity contribution in [2.45, 2.75) is 62.9 Å². The van der Waals surface area contributed by atoms with Gasteiger partial charge in [-0.25, -0.2) is 8.42 Å². The third kappa shape index (κ3) is 12.9. The van der Waals surface area contributed by atoms with E-state index in [1.807, 2.05) is 0 Å². The highest BCUT2D eigenvalue weighted by molar-refractivity contribution is 7.88. The molecule has 4 nitrogen and oxygen atoms in total. The lowest BCUT2D eigenvalue weighted by Crippen LogP contribution is -2.50. The Balaban J connectivity index is -0.000000164. The molecular weight excluding hydrogens is 272 g/mol. The average molecular weight is 313 g/mol. The lowest BCUT2D eigenvalue weighted by atomic mass is 10.3. The molecule has 0 aromatic rings. The van der Waals surface area contributed by atoms with E-state index in [0.29, 0.717) is 19.1 Å². The van der Waals surface area contributed by atoms with Gasteiger partial charge in [-0.2, -0.15) is 4.31 Å². The van der Waals surface area contributed by atoms with E-state index in [4.69, 9.17) is 0 Å². The average Bonchev–Trinajstić information content (AvgIpc) is 2.15. The van der Waals surface area contributed by atoms with Gasteiger partial charge in [-0.1, -0.05) is 43.1 Å². The molecule has 0 saturated carbocycles. The molecule has 0 aromatic heterocycles. The van der Waals surface area contributed by atoms with Crippen LogP contribution in [0.2, 0.25) is 0 Å². The Hall–Kier alpha value is -0.130. The van der Waals surface area contributed by atoms with Crippen molar-refractivity contribution in [3.63, 3.8) is 0 Å². The van der Waals surface area contributed by atoms with E-state index < -0.39 is 10.0 Å². The highest BCUT2D eigenvalue weighted by atomic mass is 32.2. The maximum absolute atomic E-state index is 11.2. The molecule has 1 heterocycles. The number of hydrogen-bond donors (Lipinski definition) is 0. The summed E-state index contributed by atoms with van der Waals surface area (Å²) in [7, 11) is -2.97. The van der Waals surface area contributed by atoms with E-state index in [2.05, 4.69) is 39.5 Å². The topological polar surface area (TPSA) is 40.6 Å². The maximum atomic E-state index is 11.2. The van der Waals surface area contributed by atoms with Crippen molar-refractivity contribution >= 4 is 10.0 Å². The van der Waals surface area contributed by atoms with Crippen molar-refractivity contribution in [3.8, 4) is 0 Å². The predicted octanol–water partition coefficient (Wildman–Crippen LogP) is 3.54. The van der Waals surface area contributed by atoms with Crippen molar-refractivity contribution < 1.29 is 8.42 Å². The standard InChI is InChI=1S/C8H18N2O2S.C4H10.3CH4/c1-8(2)9-4-6-10(7-5-9)13(3,11)12;1-4(2)3;;;/h8H,4-7H2,1-3H3;4H,1-3H3;3*1H4. The Bertz CT molecular complexity index is 290. The van der Waals surface area contributed by atoms with Gasteiger partial charge in [-0.3, -0.25) is 4.90 Å². The largest absolute Gasteiger partial charge is 0.298 e. The third-order valence-corrected chi connectivity index (χ3v) is 3.78. The second-order valence-corrected chi connectivity index (χ2v) is 7.51. The molecule has 0 amide bonds. The van der Waals surface area contributed by atoms with E-state index in [-0.39, 0.29) is 22.3 Å². The van der Waals surface area contributed by atoms with Gasteiger partial charge in [-0.15, -0.1) is 0 Å². The van der Waals surface area contributed by atoms with Crippen molar-refractivity contribution in [2.75, 3.05) is 32.4 Å². The lowest BCUT2D eigenvalue weighted by Gasteiger charge is -2.35. The minimum atomic E-state index is -2.97. The van der Waals surface area contributed by atoms with Crippen LogP contribution in [0.1, 0.15) is 56.9 Å². The fraction of sp³-hybridized carbons (Fsp3) is 1.00. The Morgan fingerprint density at radius 1 is 0.800 bits per heavy atom. The fourth-order valence-electron chi connectivity index (χ4n) is 1.55. The Kier molecular flexibility index (Phi) is 17.7. The van der Waals surface area contributed by atoms with Crippen molar-refractivity contribution in [1.82, 2.24) is 9.21 Å². The van der Waals surface area contributed by atoms with Crippen LogP contribution >= 0.6 is 0 Å². The minimum Gasteiger partial charge on any atom is -0.298 e. The van der Waals surface area contributed by atoms with E-state index in [1.165, 1.54) is 6.26 Å². The zero-order chi connectivity index (χ0) is 13.6. The van der Waals surface area contributed by atoms with Gasteiger partial charge in [0.25, 0.3) is 0 Å². The van der Waals surface area contributed by atoms with Gasteiger partial charge < -0.3 is 0 Å². The van der Waals surface area contributed by atoms with Crippen LogP contribution in [-0.2, 0) is 10.0 Å². The lowest BCUT2D eigenvalue weighted by molar-refractivity contribution is 0.154. The molecule has 0 aliphatic carbocycles. The van der Waals surface area contributed by atoms with E-state index in [0.717, 1.165) is 19.0 Å². The Morgan fingerprint density at radius 3 is 1.30 bits per heavy atom. The maximum Gasteiger partial charge on any atom is 0.211 e. The summed E-state index contributed by atoms with van der Waals surface area (Å²) in [5.41, 5.74) is 0. The molecule has 0 N–H and O–H groups in total. The molecule has 0 bridgehead atoms. The first-order valence-corrected chi connectivity index (χ1v) is 8.18. The van der Waals surface area contributed by atoms with Gasteiger partial charge in [0.15, 0.2) is 0 Å². The SMILES string of the molecule is C.C.C.CC(C)C.CC(C)N1CCN(S(C)(=O)=O)CC1. The third-order valence-electron chi connectivity index (χ3n) is 2.47. The zero-order valence-corrected chi connectivity index (χ0v) is 12.9. The predicted molar refractivity (Wildman–Crippen MR) is 93.8 cm³/mol. The molecule has 0 aromatic carbocycles. The van der Waals surface area contributed by atoms with Crippen LogP contribution in [0.4, 0.5) is 0 Å². The van der Waals surface area contributed by atoms with Gasteiger partial charge in [0.1, 0.15) is 0 Å². The summed E-state index contributed by atoms with van der Waals surface area (Å²) < 4.78 is 23.9. The molecule has 0 radical (unpaired) electrons. The van der Waals surface area contributed by atoms with Gasteiger partial charge in [0.05, 0.1) is 6.26 Å². The summed E-state index contributed by atoms with van der Waals surface area (Å²) >= 11 is 0. The smallest absolute Gasteiger partial charge is 0.211 e. The molecule has 0 atom stereocenters. The van der Waals surface area contributed by atoms with Crippen molar-refractivity contribution in [1.29, 1.82) is 0 Å². The van der Waals surface area contributed by atoms with Gasteiger partial charge in [-0.05, 0) is 19.8 Å². The number of hydrogen-bond acceptors (Lipinski definition) is 3. The molecule has 1 fully saturated rings. The highest BCUT2D eigenvalue weighted by Gasteiger charge is 2.24. The molecule has 1 saturated heterocycles. The molecule has 5 heteroatoms. The summed E-state index contributed by atoms with van der Waals surface area (Å²) in [5.74, 6) is 0.833. The Morgan fingerprint density at radius 2 is 1.10 bits per heavy atom. The number of sulfonamides is 1. The first-order chi connectivity index (χ1) is 7.64. The second-order valence-electron chi connectivity index (χ2n) is 5.52. The summed E-state index contributed by atoms with van der Waals surface area (Å²) in [6.07, 6.45) is 1.28. The molecule has 1 aliphatic heterocycles. The normalized spacial score (nSPS) is 16.4. The molecule has 0 unspecified atom stereocenters. The first kappa shape index (κ1) is 28.1. The molecule has 128 valence electrons. The van der Waals surface area contributed by atoms with Crippen LogP contribution in [-0.4, -0.2) is 56.1 Å². The molecule has 1 aliphatic rings. The minimum absolute atomic E-state index is 0.